The number of alkyl halides is 3. The van der Waals surface area contributed by atoms with E-state index in [4.69, 9.17) is 0 Å². The standard InChI is InChI=1S/C13H17F3N2O3S/c14-13(15,16)21-11-1-3-12(4-2-11)22(19,20)18-9-10-5-7-17-8-6-10/h1-4,10,17-18H,5-9H2. The molecular formula is C13H17F3N2O3S. The molecule has 1 fully saturated rings. The average molecular weight is 338 g/mol. The third-order valence-corrected chi connectivity index (χ3v) is 4.83. The molecule has 124 valence electrons. The highest BCUT2D eigenvalue weighted by Gasteiger charge is 2.31. The maximum absolute atomic E-state index is 12.1. The zero-order valence-corrected chi connectivity index (χ0v) is 12.5. The molecule has 9 heteroatoms. The molecule has 0 spiro atoms. The van der Waals surface area contributed by atoms with Crippen molar-refractivity contribution in [2.45, 2.75) is 24.1 Å². The Labute approximate surface area is 126 Å². The second kappa shape index (κ2) is 6.84. The van der Waals surface area contributed by atoms with Crippen molar-refractivity contribution in [3.63, 3.8) is 0 Å². The van der Waals surface area contributed by atoms with Crippen LogP contribution in [0.5, 0.6) is 5.75 Å². The van der Waals surface area contributed by atoms with E-state index in [1.165, 1.54) is 0 Å². The Morgan fingerprint density at radius 2 is 1.77 bits per heavy atom. The summed E-state index contributed by atoms with van der Waals surface area (Å²) in [5.41, 5.74) is 0. The predicted octanol–water partition coefficient (Wildman–Crippen LogP) is 1.86. The lowest BCUT2D eigenvalue weighted by Crippen LogP contribution is -2.35. The van der Waals surface area contributed by atoms with Gasteiger partial charge in [0.05, 0.1) is 4.90 Å². The third kappa shape index (κ3) is 5.15. The molecule has 1 aliphatic rings. The van der Waals surface area contributed by atoms with Crippen LogP contribution >= 0.6 is 0 Å². The van der Waals surface area contributed by atoms with Gasteiger partial charge in [-0.15, -0.1) is 13.2 Å². The van der Waals surface area contributed by atoms with Gasteiger partial charge in [0.2, 0.25) is 10.0 Å². The first-order valence-corrected chi connectivity index (χ1v) is 8.31. The van der Waals surface area contributed by atoms with Crippen LogP contribution in [0.4, 0.5) is 13.2 Å². The normalized spacial score (nSPS) is 17.4. The van der Waals surface area contributed by atoms with Gasteiger partial charge in [0, 0.05) is 6.54 Å². The first-order chi connectivity index (χ1) is 10.3. The molecule has 0 bridgehead atoms. The minimum atomic E-state index is -4.80. The molecule has 1 aromatic carbocycles. The summed E-state index contributed by atoms with van der Waals surface area (Å²) in [5.74, 6) is -0.186. The SMILES string of the molecule is O=S(=O)(NCC1CCNCC1)c1ccc(OC(F)(F)F)cc1. The molecule has 2 rings (SSSR count). The highest BCUT2D eigenvalue weighted by molar-refractivity contribution is 7.89. The van der Waals surface area contributed by atoms with Gasteiger partial charge in [-0.1, -0.05) is 0 Å². The third-order valence-electron chi connectivity index (χ3n) is 3.39. The maximum Gasteiger partial charge on any atom is 0.573 e. The molecule has 1 saturated heterocycles. The van der Waals surface area contributed by atoms with Crippen molar-refractivity contribution >= 4 is 10.0 Å². The summed E-state index contributed by atoms with van der Waals surface area (Å²) in [5, 5.41) is 3.19. The minimum absolute atomic E-state index is 0.0871. The fourth-order valence-corrected chi connectivity index (χ4v) is 3.33. The van der Waals surface area contributed by atoms with E-state index in [-0.39, 0.29) is 10.8 Å². The Morgan fingerprint density at radius 3 is 2.32 bits per heavy atom. The molecule has 0 aromatic heterocycles. The summed E-state index contributed by atoms with van der Waals surface area (Å²) < 4.78 is 66.5. The number of nitrogens with one attached hydrogen (secondary N) is 2. The van der Waals surface area contributed by atoms with Gasteiger partial charge in [-0.2, -0.15) is 0 Å². The summed E-state index contributed by atoms with van der Waals surface area (Å²) in [4.78, 5) is -0.0871. The van der Waals surface area contributed by atoms with Crippen molar-refractivity contribution < 1.29 is 26.3 Å². The first kappa shape index (κ1) is 17.0. The van der Waals surface area contributed by atoms with Gasteiger partial charge in [-0.05, 0) is 56.1 Å². The van der Waals surface area contributed by atoms with E-state index >= 15 is 0 Å². The van der Waals surface area contributed by atoms with Crippen LogP contribution in [0.2, 0.25) is 0 Å². The number of piperidine rings is 1. The van der Waals surface area contributed by atoms with E-state index in [0.29, 0.717) is 6.54 Å². The highest BCUT2D eigenvalue weighted by Crippen LogP contribution is 2.24. The van der Waals surface area contributed by atoms with Crippen molar-refractivity contribution in [2.75, 3.05) is 19.6 Å². The Bertz CT molecular complexity index is 582. The molecule has 0 unspecified atom stereocenters. The van der Waals surface area contributed by atoms with E-state index in [1.807, 2.05) is 0 Å². The maximum atomic E-state index is 12.1. The number of hydrogen-bond donors (Lipinski definition) is 2. The summed E-state index contributed by atoms with van der Waals surface area (Å²) in [6.45, 7) is 2.04. The Morgan fingerprint density at radius 1 is 1.18 bits per heavy atom. The van der Waals surface area contributed by atoms with Crippen molar-refractivity contribution in [1.82, 2.24) is 10.0 Å². The Kier molecular flexibility index (Phi) is 5.30. The quantitative estimate of drug-likeness (QED) is 0.860. The zero-order valence-electron chi connectivity index (χ0n) is 11.7. The van der Waals surface area contributed by atoms with Gasteiger partial charge < -0.3 is 10.1 Å². The van der Waals surface area contributed by atoms with Gasteiger partial charge in [0.15, 0.2) is 0 Å². The number of hydrogen-bond acceptors (Lipinski definition) is 4. The van der Waals surface area contributed by atoms with Gasteiger partial charge in [-0.3, -0.25) is 0 Å². The number of benzene rings is 1. The zero-order chi connectivity index (χ0) is 16.2. The molecule has 1 heterocycles. The van der Waals surface area contributed by atoms with Crippen LogP contribution in [0, 0.1) is 5.92 Å². The fourth-order valence-electron chi connectivity index (χ4n) is 2.22. The second-order valence-electron chi connectivity index (χ2n) is 5.06. The molecule has 1 aliphatic heterocycles. The van der Waals surface area contributed by atoms with E-state index in [9.17, 15) is 21.6 Å². The predicted molar refractivity (Wildman–Crippen MR) is 73.9 cm³/mol. The van der Waals surface area contributed by atoms with Crippen LogP contribution in [0.25, 0.3) is 0 Å². The molecule has 0 amide bonds. The van der Waals surface area contributed by atoms with E-state index < -0.39 is 22.1 Å². The number of halogens is 3. The topological polar surface area (TPSA) is 67.4 Å². The largest absolute Gasteiger partial charge is 0.573 e. The Hall–Kier alpha value is -1.32. The molecular weight excluding hydrogens is 321 g/mol. The lowest BCUT2D eigenvalue weighted by molar-refractivity contribution is -0.274. The summed E-state index contributed by atoms with van der Waals surface area (Å²) in [6, 6.07) is 4.14. The van der Waals surface area contributed by atoms with Crippen LogP contribution in [0.15, 0.2) is 29.2 Å². The van der Waals surface area contributed by atoms with Crippen LogP contribution in [-0.4, -0.2) is 34.4 Å². The smallest absolute Gasteiger partial charge is 0.406 e. The van der Waals surface area contributed by atoms with Gasteiger partial charge >= 0.3 is 6.36 Å². The molecule has 0 saturated carbocycles. The summed E-state index contributed by atoms with van der Waals surface area (Å²) >= 11 is 0. The van der Waals surface area contributed by atoms with Crippen LogP contribution < -0.4 is 14.8 Å². The van der Waals surface area contributed by atoms with Crippen molar-refractivity contribution in [2.24, 2.45) is 5.92 Å². The molecule has 0 aliphatic carbocycles. The monoisotopic (exact) mass is 338 g/mol. The first-order valence-electron chi connectivity index (χ1n) is 6.82. The van der Waals surface area contributed by atoms with Gasteiger partial charge in [0.1, 0.15) is 5.75 Å². The molecule has 1 aromatic rings. The molecule has 0 atom stereocenters. The molecule has 5 nitrogen and oxygen atoms in total. The number of sulfonamides is 1. The van der Waals surface area contributed by atoms with Crippen molar-refractivity contribution in [1.29, 1.82) is 0 Å². The van der Waals surface area contributed by atoms with E-state index in [0.717, 1.165) is 50.2 Å². The molecule has 0 radical (unpaired) electrons. The van der Waals surface area contributed by atoms with Crippen LogP contribution in [-0.2, 0) is 10.0 Å². The number of rotatable bonds is 5. The molecule has 2 N–H and O–H groups in total. The van der Waals surface area contributed by atoms with Crippen molar-refractivity contribution in [3.8, 4) is 5.75 Å². The fraction of sp³-hybridized carbons (Fsp3) is 0.538. The van der Waals surface area contributed by atoms with E-state index in [2.05, 4.69) is 14.8 Å². The summed E-state index contributed by atoms with van der Waals surface area (Å²) in [6.07, 6.45) is -3.02. The van der Waals surface area contributed by atoms with E-state index in [1.54, 1.807) is 0 Å². The van der Waals surface area contributed by atoms with Gasteiger partial charge in [-0.25, -0.2) is 13.1 Å². The van der Waals surface area contributed by atoms with Crippen molar-refractivity contribution in [3.05, 3.63) is 24.3 Å². The second-order valence-corrected chi connectivity index (χ2v) is 6.83. The average Bonchev–Trinajstić information content (AvgIpc) is 2.45. The lowest BCUT2D eigenvalue weighted by atomic mass is 9.99. The Balaban J connectivity index is 1.96. The lowest BCUT2D eigenvalue weighted by Gasteiger charge is -2.22. The molecule has 22 heavy (non-hydrogen) atoms. The summed E-state index contributed by atoms with van der Waals surface area (Å²) in [7, 11) is -3.73. The van der Waals surface area contributed by atoms with Crippen LogP contribution in [0.1, 0.15) is 12.8 Å². The van der Waals surface area contributed by atoms with Gasteiger partial charge in [0.25, 0.3) is 0 Å². The number of ether oxygens (including phenoxy) is 1. The highest BCUT2D eigenvalue weighted by atomic mass is 32.2. The minimum Gasteiger partial charge on any atom is -0.406 e. The van der Waals surface area contributed by atoms with Crippen LogP contribution in [0.3, 0.4) is 0 Å².